The van der Waals surface area contributed by atoms with E-state index in [2.05, 4.69) is 37.2 Å². The maximum Gasteiger partial charge on any atom is 0.255 e. The highest BCUT2D eigenvalue weighted by molar-refractivity contribution is 9.10. The van der Waals surface area contributed by atoms with Crippen molar-refractivity contribution < 1.29 is 4.79 Å². The van der Waals surface area contributed by atoms with Crippen LogP contribution in [0.5, 0.6) is 0 Å². The third-order valence-electron chi connectivity index (χ3n) is 2.62. The fourth-order valence-electron chi connectivity index (χ4n) is 1.61. The van der Waals surface area contributed by atoms with E-state index in [1.54, 1.807) is 24.3 Å². The van der Waals surface area contributed by atoms with Crippen LogP contribution in [0.3, 0.4) is 0 Å². The normalized spacial score (nSPS) is 10.3. The molecule has 2 nitrogen and oxygen atoms in total. The van der Waals surface area contributed by atoms with Crippen LogP contribution in [0.4, 0.5) is 5.69 Å². The Balaban J connectivity index is 2.25. The number of benzene rings is 2. The molecule has 0 aliphatic carbocycles. The molecule has 0 aliphatic heterocycles. The zero-order valence-corrected chi connectivity index (χ0v) is 13.9. The highest BCUT2D eigenvalue weighted by atomic mass is 79.9. The van der Waals surface area contributed by atoms with Gasteiger partial charge in [-0.15, -0.1) is 0 Å². The molecule has 0 saturated carbocycles. The van der Waals surface area contributed by atoms with E-state index in [0.717, 1.165) is 14.5 Å². The van der Waals surface area contributed by atoms with Crippen LogP contribution in [-0.2, 0) is 0 Å². The summed E-state index contributed by atoms with van der Waals surface area (Å²) in [5, 5.41) is 3.45. The van der Waals surface area contributed by atoms with E-state index in [4.69, 9.17) is 11.6 Å². The average Bonchev–Trinajstić information content (AvgIpc) is 2.36. The number of halogens is 3. The smallest absolute Gasteiger partial charge is 0.255 e. The summed E-state index contributed by atoms with van der Waals surface area (Å²) in [5.74, 6) is -0.145. The van der Waals surface area contributed by atoms with Gasteiger partial charge in [0.05, 0.1) is 5.02 Å². The zero-order valence-electron chi connectivity index (χ0n) is 10.0. The van der Waals surface area contributed by atoms with Crippen molar-refractivity contribution in [2.75, 3.05) is 5.32 Å². The van der Waals surface area contributed by atoms with E-state index in [-0.39, 0.29) is 5.91 Å². The van der Waals surface area contributed by atoms with Gasteiger partial charge in [-0.1, -0.05) is 33.6 Å². The van der Waals surface area contributed by atoms with Gasteiger partial charge in [-0.05, 0) is 58.7 Å². The molecule has 0 saturated heterocycles. The monoisotopic (exact) mass is 401 g/mol. The summed E-state index contributed by atoms with van der Waals surface area (Å²) in [7, 11) is 0. The number of carbonyl (C=O) groups is 1. The van der Waals surface area contributed by atoms with Crippen LogP contribution < -0.4 is 5.32 Å². The van der Waals surface area contributed by atoms with Crippen LogP contribution >= 0.6 is 43.5 Å². The van der Waals surface area contributed by atoms with Crippen molar-refractivity contribution in [1.82, 2.24) is 0 Å². The van der Waals surface area contributed by atoms with Crippen LogP contribution in [0, 0.1) is 6.92 Å². The quantitative estimate of drug-likeness (QED) is 0.712. The van der Waals surface area contributed by atoms with Crippen molar-refractivity contribution in [2.45, 2.75) is 6.92 Å². The van der Waals surface area contributed by atoms with Crippen molar-refractivity contribution in [3.63, 3.8) is 0 Å². The highest BCUT2D eigenvalue weighted by Crippen LogP contribution is 2.26. The number of amides is 1. The second kappa shape index (κ2) is 6.07. The van der Waals surface area contributed by atoms with Gasteiger partial charge in [0.15, 0.2) is 0 Å². The first kappa shape index (κ1) is 14.6. The molecule has 0 aliphatic rings. The first-order valence-electron chi connectivity index (χ1n) is 5.50. The SMILES string of the molecule is Cc1ccc(Br)cc1C(=O)Nc1ccc(Cl)c(Br)c1. The molecule has 5 heteroatoms. The number of carbonyl (C=O) groups excluding carboxylic acids is 1. The summed E-state index contributed by atoms with van der Waals surface area (Å²) < 4.78 is 1.62. The third kappa shape index (κ3) is 3.59. The minimum absolute atomic E-state index is 0.145. The molecular weight excluding hydrogens is 393 g/mol. The Morgan fingerprint density at radius 1 is 1.16 bits per heavy atom. The number of hydrogen-bond acceptors (Lipinski definition) is 1. The van der Waals surface area contributed by atoms with E-state index < -0.39 is 0 Å². The molecule has 0 spiro atoms. The summed E-state index contributed by atoms with van der Waals surface area (Å²) in [5.41, 5.74) is 2.26. The van der Waals surface area contributed by atoms with Gasteiger partial charge >= 0.3 is 0 Å². The number of anilines is 1. The number of rotatable bonds is 2. The van der Waals surface area contributed by atoms with Gasteiger partial charge in [-0.2, -0.15) is 0 Å². The molecule has 1 N–H and O–H groups in total. The van der Waals surface area contributed by atoms with Crippen LogP contribution in [0.1, 0.15) is 15.9 Å². The lowest BCUT2D eigenvalue weighted by molar-refractivity contribution is 0.102. The van der Waals surface area contributed by atoms with Gasteiger partial charge in [0.25, 0.3) is 5.91 Å². The van der Waals surface area contributed by atoms with E-state index in [0.29, 0.717) is 16.3 Å². The Morgan fingerprint density at radius 3 is 2.58 bits per heavy atom. The lowest BCUT2D eigenvalue weighted by Crippen LogP contribution is -2.13. The van der Waals surface area contributed by atoms with Gasteiger partial charge in [0.1, 0.15) is 0 Å². The summed E-state index contributed by atoms with van der Waals surface area (Å²) in [6, 6.07) is 10.9. The minimum Gasteiger partial charge on any atom is -0.322 e. The van der Waals surface area contributed by atoms with Gasteiger partial charge in [-0.25, -0.2) is 0 Å². The Kier molecular flexibility index (Phi) is 4.66. The number of hydrogen-bond donors (Lipinski definition) is 1. The van der Waals surface area contributed by atoms with Crippen molar-refractivity contribution in [3.05, 3.63) is 61.5 Å². The van der Waals surface area contributed by atoms with Crippen LogP contribution in [-0.4, -0.2) is 5.91 Å². The third-order valence-corrected chi connectivity index (χ3v) is 4.33. The van der Waals surface area contributed by atoms with Crippen LogP contribution in [0.15, 0.2) is 45.3 Å². The van der Waals surface area contributed by atoms with Crippen molar-refractivity contribution in [3.8, 4) is 0 Å². The largest absolute Gasteiger partial charge is 0.322 e. The minimum atomic E-state index is -0.145. The molecule has 2 aromatic carbocycles. The fourth-order valence-corrected chi connectivity index (χ4v) is 2.47. The maximum atomic E-state index is 12.2. The number of aryl methyl sites for hydroxylation is 1. The van der Waals surface area contributed by atoms with Crippen LogP contribution in [0.2, 0.25) is 5.02 Å². The highest BCUT2D eigenvalue weighted by Gasteiger charge is 2.10. The Morgan fingerprint density at radius 2 is 1.89 bits per heavy atom. The van der Waals surface area contributed by atoms with Gasteiger partial charge in [0, 0.05) is 20.2 Å². The Labute approximate surface area is 133 Å². The summed E-state index contributed by atoms with van der Waals surface area (Å²) in [6.07, 6.45) is 0. The lowest BCUT2D eigenvalue weighted by atomic mass is 10.1. The molecule has 0 fully saturated rings. The molecule has 1 amide bonds. The van der Waals surface area contributed by atoms with Gasteiger partial charge < -0.3 is 5.32 Å². The Hall–Kier alpha value is -0.840. The molecule has 0 radical (unpaired) electrons. The molecule has 0 heterocycles. The molecule has 0 atom stereocenters. The summed E-state index contributed by atoms with van der Waals surface area (Å²) >= 11 is 12.6. The van der Waals surface area contributed by atoms with E-state index in [1.165, 1.54) is 0 Å². The van der Waals surface area contributed by atoms with E-state index in [1.807, 2.05) is 19.1 Å². The first-order chi connectivity index (χ1) is 8.97. The summed E-state index contributed by atoms with van der Waals surface area (Å²) in [4.78, 5) is 12.2. The maximum absolute atomic E-state index is 12.2. The molecule has 2 rings (SSSR count). The second-order valence-electron chi connectivity index (χ2n) is 4.04. The topological polar surface area (TPSA) is 29.1 Å². The van der Waals surface area contributed by atoms with Gasteiger partial charge in [0.2, 0.25) is 0 Å². The first-order valence-corrected chi connectivity index (χ1v) is 7.46. The van der Waals surface area contributed by atoms with Crippen molar-refractivity contribution >= 4 is 55.1 Å². The molecule has 0 bridgehead atoms. The predicted molar refractivity (Wildman–Crippen MR) is 86.0 cm³/mol. The molecule has 98 valence electrons. The standard InChI is InChI=1S/C14H10Br2ClNO/c1-8-2-3-9(15)6-11(8)14(19)18-10-4-5-13(17)12(16)7-10/h2-7H,1H3,(H,18,19). The molecule has 0 unspecified atom stereocenters. The molecule has 19 heavy (non-hydrogen) atoms. The number of nitrogens with one attached hydrogen (secondary N) is 1. The van der Waals surface area contributed by atoms with E-state index in [9.17, 15) is 4.79 Å². The molecule has 2 aromatic rings. The fraction of sp³-hybridized carbons (Fsp3) is 0.0714. The van der Waals surface area contributed by atoms with E-state index >= 15 is 0 Å². The van der Waals surface area contributed by atoms with Crippen LogP contribution in [0.25, 0.3) is 0 Å². The Bertz CT molecular complexity index is 643. The molecular formula is C14H10Br2ClNO. The van der Waals surface area contributed by atoms with Crippen molar-refractivity contribution in [2.24, 2.45) is 0 Å². The predicted octanol–water partition coefficient (Wildman–Crippen LogP) is 5.43. The van der Waals surface area contributed by atoms with Crippen molar-refractivity contribution in [1.29, 1.82) is 0 Å². The van der Waals surface area contributed by atoms with Gasteiger partial charge in [-0.3, -0.25) is 4.79 Å². The molecule has 0 aromatic heterocycles. The lowest BCUT2D eigenvalue weighted by Gasteiger charge is -2.09. The average molecular weight is 404 g/mol. The second-order valence-corrected chi connectivity index (χ2v) is 6.22. The zero-order chi connectivity index (χ0) is 14.0. The summed E-state index contributed by atoms with van der Waals surface area (Å²) in [6.45, 7) is 1.90.